The van der Waals surface area contributed by atoms with E-state index in [1.54, 1.807) is 0 Å². The van der Waals surface area contributed by atoms with Crippen LogP contribution in [0.15, 0.2) is 60.7 Å². The summed E-state index contributed by atoms with van der Waals surface area (Å²) in [6.45, 7) is 10.7. The molecule has 38 heavy (non-hydrogen) atoms. The van der Waals surface area contributed by atoms with E-state index in [9.17, 15) is 9.59 Å². The molecule has 0 spiro atoms. The number of carbonyl (C=O) groups excluding carboxylic acids is 2. The molecule has 6 nitrogen and oxygen atoms in total. The van der Waals surface area contributed by atoms with Crippen LogP contribution in [0.5, 0.6) is 0 Å². The van der Waals surface area contributed by atoms with Gasteiger partial charge in [0.15, 0.2) is 0 Å². The van der Waals surface area contributed by atoms with Crippen LogP contribution in [0.25, 0.3) is 0 Å². The van der Waals surface area contributed by atoms with Gasteiger partial charge < -0.3 is 15.2 Å². The van der Waals surface area contributed by atoms with Crippen molar-refractivity contribution in [2.45, 2.75) is 78.6 Å². The molecule has 6 heteroatoms. The van der Waals surface area contributed by atoms with Crippen LogP contribution in [0.1, 0.15) is 64.5 Å². The fourth-order valence-electron chi connectivity index (χ4n) is 5.92. The van der Waals surface area contributed by atoms with Crippen LogP contribution in [-0.4, -0.2) is 42.1 Å². The summed E-state index contributed by atoms with van der Waals surface area (Å²) in [5.41, 5.74) is 8.37. The van der Waals surface area contributed by atoms with Crippen molar-refractivity contribution in [1.82, 2.24) is 4.90 Å². The summed E-state index contributed by atoms with van der Waals surface area (Å²) in [5.74, 6) is 0.723. The molecule has 4 rings (SSSR count). The molecule has 6 unspecified atom stereocenters. The van der Waals surface area contributed by atoms with Gasteiger partial charge in [0.05, 0.1) is 25.0 Å². The van der Waals surface area contributed by atoms with Gasteiger partial charge in [-0.05, 0) is 62.5 Å². The van der Waals surface area contributed by atoms with E-state index in [0.29, 0.717) is 31.1 Å². The van der Waals surface area contributed by atoms with Gasteiger partial charge in [-0.1, -0.05) is 74.5 Å². The van der Waals surface area contributed by atoms with Gasteiger partial charge >= 0.3 is 11.9 Å². The highest BCUT2D eigenvalue weighted by molar-refractivity contribution is 5.73. The first-order valence-electron chi connectivity index (χ1n) is 14.2. The Bertz CT molecular complexity index is 942. The Hall–Kier alpha value is -2.70. The van der Waals surface area contributed by atoms with Gasteiger partial charge in [-0.25, -0.2) is 0 Å². The molecule has 2 saturated carbocycles. The lowest BCUT2D eigenvalue weighted by Gasteiger charge is -2.29. The topological polar surface area (TPSA) is 81.9 Å². The highest BCUT2D eigenvalue weighted by Crippen LogP contribution is 2.37. The third kappa shape index (κ3) is 8.67. The molecule has 0 heterocycles. The van der Waals surface area contributed by atoms with Gasteiger partial charge in [-0.3, -0.25) is 14.5 Å². The van der Waals surface area contributed by atoms with Gasteiger partial charge in [0, 0.05) is 25.2 Å². The Labute approximate surface area is 228 Å². The number of ether oxygens (including phenoxy) is 2. The van der Waals surface area contributed by atoms with Crippen LogP contribution in [0.4, 0.5) is 0 Å². The number of hydrogen-bond donors (Lipinski definition) is 1. The monoisotopic (exact) mass is 522 g/mol. The largest absolute Gasteiger partial charge is 0.466 e. The second kappa shape index (κ2) is 15.0. The minimum atomic E-state index is -0.0713. The smallest absolute Gasteiger partial charge is 0.309 e. The normalized spacial score (nSPS) is 26.5. The van der Waals surface area contributed by atoms with Gasteiger partial charge in [0.25, 0.3) is 0 Å². The van der Waals surface area contributed by atoms with Crippen molar-refractivity contribution in [1.29, 1.82) is 0 Å². The lowest BCUT2D eigenvalue weighted by atomic mass is 9.99. The summed E-state index contributed by atoms with van der Waals surface area (Å²) in [7, 11) is 0. The second-order valence-electron chi connectivity index (χ2n) is 10.9. The van der Waals surface area contributed by atoms with Crippen molar-refractivity contribution in [2.24, 2.45) is 29.4 Å². The molecule has 2 aromatic rings. The van der Waals surface area contributed by atoms with Crippen LogP contribution in [0, 0.1) is 23.7 Å². The molecule has 2 fully saturated rings. The number of benzene rings is 2. The molecule has 6 atom stereocenters. The van der Waals surface area contributed by atoms with E-state index in [1.165, 1.54) is 11.1 Å². The van der Waals surface area contributed by atoms with E-state index in [1.807, 2.05) is 13.8 Å². The predicted octanol–water partition coefficient (Wildman–Crippen LogP) is 5.59. The first-order valence-corrected chi connectivity index (χ1v) is 14.2. The quantitative estimate of drug-likeness (QED) is 0.433. The highest BCUT2D eigenvalue weighted by Gasteiger charge is 2.39. The van der Waals surface area contributed by atoms with Crippen LogP contribution >= 0.6 is 0 Å². The lowest BCUT2D eigenvalue weighted by Crippen LogP contribution is -2.33. The van der Waals surface area contributed by atoms with Crippen molar-refractivity contribution in [3.63, 3.8) is 0 Å². The summed E-state index contributed by atoms with van der Waals surface area (Å²) in [4.78, 5) is 26.2. The predicted molar refractivity (Wildman–Crippen MR) is 151 cm³/mol. The Kier molecular flexibility index (Phi) is 11.8. The summed E-state index contributed by atoms with van der Waals surface area (Å²) in [5, 5.41) is 0. The third-order valence-corrected chi connectivity index (χ3v) is 7.93. The summed E-state index contributed by atoms with van der Waals surface area (Å²) in [6.07, 6.45) is 3.67. The van der Waals surface area contributed by atoms with Gasteiger partial charge in [-0.2, -0.15) is 0 Å². The summed E-state index contributed by atoms with van der Waals surface area (Å²) in [6, 6.07) is 21.8. The molecule has 208 valence electrons. The maximum absolute atomic E-state index is 12.3. The molecule has 2 aromatic carbocycles. The van der Waals surface area contributed by atoms with Crippen LogP contribution in [-0.2, 0) is 32.2 Å². The van der Waals surface area contributed by atoms with E-state index in [-0.39, 0.29) is 29.8 Å². The Morgan fingerprint density at radius 1 is 0.737 bits per heavy atom. The van der Waals surface area contributed by atoms with Crippen molar-refractivity contribution in [3.8, 4) is 0 Å². The molecule has 0 saturated heterocycles. The summed E-state index contributed by atoms with van der Waals surface area (Å²) < 4.78 is 10.3. The maximum Gasteiger partial charge on any atom is 0.309 e. The standard InChI is InChI=1S/C23H29NO2.C9H17NO2/c1-3-26-23(25)22-15-21(14-18(22)2)24(16-19-10-6-4-7-11-19)17-20-12-8-5-9-13-20;1-3-12-9(11)8-5-7(10)4-6(8)2/h4-13,18,21-22H,3,14-17H2,1-2H3;6-8H,3-5,10H2,1-2H3. The number of nitrogens with two attached hydrogens (primary N) is 1. The van der Waals surface area contributed by atoms with E-state index in [4.69, 9.17) is 15.2 Å². The lowest BCUT2D eigenvalue weighted by molar-refractivity contribution is -0.150. The summed E-state index contributed by atoms with van der Waals surface area (Å²) >= 11 is 0. The molecule has 0 amide bonds. The van der Waals surface area contributed by atoms with E-state index >= 15 is 0 Å². The first-order chi connectivity index (χ1) is 18.3. The number of hydrogen-bond acceptors (Lipinski definition) is 6. The van der Waals surface area contributed by atoms with Gasteiger partial charge in [0.2, 0.25) is 0 Å². The van der Waals surface area contributed by atoms with E-state index in [2.05, 4.69) is 79.4 Å². The van der Waals surface area contributed by atoms with Crippen molar-refractivity contribution in [2.75, 3.05) is 13.2 Å². The zero-order chi connectivity index (χ0) is 27.5. The Morgan fingerprint density at radius 3 is 1.61 bits per heavy atom. The van der Waals surface area contributed by atoms with E-state index in [0.717, 1.165) is 38.8 Å². The average molecular weight is 523 g/mol. The average Bonchev–Trinajstić information content (AvgIpc) is 3.46. The number of esters is 2. The molecule has 0 bridgehead atoms. The molecule has 0 aliphatic heterocycles. The number of nitrogens with zero attached hydrogens (tertiary/aromatic N) is 1. The van der Waals surface area contributed by atoms with Gasteiger partial charge in [0.1, 0.15) is 0 Å². The minimum absolute atomic E-state index is 0.0222. The molecule has 0 radical (unpaired) electrons. The fourth-order valence-corrected chi connectivity index (χ4v) is 5.92. The zero-order valence-corrected chi connectivity index (χ0v) is 23.6. The minimum Gasteiger partial charge on any atom is -0.466 e. The van der Waals surface area contributed by atoms with Crippen LogP contribution in [0.2, 0.25) is 0 Å². The van der Waals surface area contributed by atoms with Crippen molar-refractivity contribution in [3.05, 3.63) is 71.8 Å². The molecule has 0 aromatic heterocycles. The first kappa shape index (κ1) is 29.9. The van der Waals surface area contributed by atoms with Gasteiger partial charge in [-0.15, -0.1) is 0 Å². The Balaban J connectivity index is 0.000000279. The molecule has 2 aliphatic carbocycles. The Morgan fingerprint density at radius 2 is 1.18 bits per heavy atom. The van der Waals surface area contributed by atoms with Crippen LogP contribution < -0.4 is 5.73 Å². The zero-order valence-electron chi connectivity index (χ0n) is 23.6. The third-order valence-electron chi connectivity index (χ3n) is 7.93. The molecule has 2 N–H and O–H groups in total. The number of carbonyl (C=O) groups is 2. The van der Waals surface area contributed by atoms with Crippen molar-refractivity contribution >= 4 is 11.9 Å². The molecular formula is C32H46N2O4. The van der Waals surface area contributed by atoms with Crippen molar-refractivity contribution < 1.29 is 19.1 Å². The SMILES string of the molecule is CCOC(=O)C1CC(N(Cc2ccccc2)Cc2ccccc2)CC1C.CCOC(=O)C1CC(N)CC1C. The second-order valence-corrected chi connectivity index (χ2v) is 10.9. The van der Waals surface area contributed by atoms with Crippen LogP contribution in [0.3, 0.4) is 0 Å². The van der Waals surface area contributed by atoms with E-state index < -0.39 is 0 Å². The highest BCUT2D eigenvalue weighted by atomic mass is 16.5. The number of rotatable bonds is 9. The molecule has 2 aliphatic rings. The molecular weight excluding hydrogens is 476 g/mol. The maximum atomic E-state index is 12.3. The fraction of sp³-hybridized carbons (Fsp3) is 0.562.